The molecule has 0 aliphatic heterocycles. The quantitative estimate of drug-likeness (QED) is 0.752. The first-order chi connectivity index (χ1) is 5.83. The average molecular weight is 198 g/mol. The van der Waals surface area contributed by atoms with Gasteiger partial charge in [-0.3, -0.25) is 4.68 Å². The smallest absolute Gasteiger partial charge is 0.0682 e. The van der Waals surface area contributed by atoms with E-state index in [0.717, 1.165) is 16.5 Å². The largest absolute Gasteiger partial charge is 0.326 e. The Labute approximate surface area is 82.9 Å². The highest BCUT2D eigenvalue weighted by Gasteiger charge is 2.01. The highest BCUT2D eigenvalue weighted by molar-refractivity contribution is 5.85. The molecule has 0 bridgehead atoms. The van der Waals surface area contributed by atoms with Crippen molar-refractivity contribution in [1.29, 1.82) is 0 Å². The highest BCUT2D eigenvalue weighted by Crippen LogP contribution is 2.16. The van der Waals surface area contributed by atoms with Gasteiger partial charge in [-0.25, -0.2) is 0 Å². The van der Waals surface area contributed by atoms with Gasteiger partial charge in [0, 0.05) is 19.0 Å². The fraction of sp³-hybridized carbons (Fsp3) is 0.222. The van der Waals surface area contributed by atoms with Gasteiger partial charge in [0.25, 0.3) is 0 Å². The number of fused-ring (bicyclic) bond motifs is 1. The molecule has 0 fully saturated rings. The van der Waals surface area contributed by atoms with E-state index in [1.54, 1.807) is 0 Å². The van der Waals surface area contributed by atoms with Gasteiger partial charge in [0.1, 0.15) is 0 Å². The van der Waals surface area contributed by atoms with Gasteiger partial charge in [-0.15, -0.1) is 12.4 Å². The summed E-state index contributed by atoms with van der Waals surface area (Å²) in [6.45, 7) is 0.572. The van der Waals surface area contributed by atoms with E-state index in [1.165, 1.54) is 0 Å². The minimum absolute atomic E-state index is 0. The molecule has 2 rings (SSSR count). The van der Waals surface area contributed by atoms with Gasteiger partial charge in [0.15, 0.2) is 0 Å². The Morgan fingerprint density at radius 3 is 2.92 bits per heavy atom. The molecule has 13 heavy (non-hydrogen) atoms. The third-order valence-corrected chi connectivity index (χ3v) is 2.10. The first-order valence-electron chi connectivity index (χ1n) is 3.92. The molecule has 70 valence electrons. The van der Waals surface area contributed by atoms with E-state index in [4.69, 9.17) is 5.73 Å². The van der Waals surface area contributed by atoms with E-state index in [0.29, 0.717) is 6.54 Å². The Morgan fingerprint density at radius 2 is 2.23 bits per heavy atom. The second-order valence-corrected chi connectivity index (χ2v) is 2.82. The zero-order valence-electron chi connectivity index (χ0n) is 7.40. The predicted octanol–water partition coefficient (Wildman–Crippen LogP) is 1.45. The molecule has 1 aromatic heterocycles. The molecule has 0 saturated carbocycles. The lowest BCUT2D eigenvalue weighted by Crippen LogP contribution is -1.96. The summed E-state index contributed by atoms with van der Waals surface area (Å²) in [5, 5.41) is 5.32. The first kappa shape index (κ1) is 10.0. The van der Waals surface area contributed by atoms with Gasteiger partial charge in [-0.05, 0) is 11.6 Å². The summed E-state index contributed by atoms with van der Waals surface area (Å²) in [5.41, 5.74) is 7.88. The number of aromatic nitrogens is 2. The van der Waals surface area contributed by atoms with Crippen molar-refractivity contribution in [2.75, 3.05) is 0 Å². The molecule has 3 nitrogen and oxygen atoms in total. The summed E-state index contributed by atoms with van der Waals surface area (Å²) in [4.78, 5) is 0. The van der Waals surface area contributed by atoms with Crippen molar-refractivity contribution < 1.29 is 0 Å². The minimum atomic E-state index is 0. The highest BCUT2D eigenvalue weighted by atomic mass is 35.5. The predicted molar refractivity (Wildman–Crippen MR) is 55.9 cm³/mol. The number of benzene rings is 1. The Morgan fingerprint density at radius 1 is 1.46 bits per heavy atom. The van der Waals surface area contributed by atoms with Crippen LogP contribution < -0.4 is 5.73 Å². The Hall–Kier alpha value is -1.06. The number of nitrogens with two attached hydrogens (primary N) is 1. The Kier molecular flexibility index (Phi) is 2.90. The molecule has 4 heteroatoms. The summed E-state index contributed by atoms with van der Waals surface area (Å²) in [7, 11) is 1.93. The Bertz CT molecular complexity index is 408. The molecule has 2 aromatic rings. The van der Waals surface area contributed by atoms with Gasteiger partial charge in [0.2, 0.25) is 0 Å². The lowest BCUT2D eigenvalue weighted by molar-refractivity contribution is 0.797. The number of aryl methyl sites for hydroxylation is 1. The molecule has 0 radical (unpaired) electrons. The van der Waals surface area contributed by atoms with E-state index >= 15 is 0 Å². The second kappa shape index (κ2) is 3.77. The van der Waals surface area contributed by atoms with E-state index in [-0.39, 0.29) is 12.4 Å². The topological polar surface area (TPSA) is 43.8 Å². The van der Waals surface area contributed by atoms with Crippen molar-refractivity contribution >= 4 is 23.3 Å². The van der Waals surface area contributed by atoms with Gasteiger partial charge in [0.05, 0.1) is 11.7 Å². The van der Waals surface area contributed by atoms with E-state index in [1.807, 2.05) is 36.1 Å². The molecule has 0 unspecified atom stereocenters. The number of hydrogen-bond donors (Lipinski definition) is 1. The second-order valence-electron chi connectivity index (χ2n) is 2.82. The van der Waals surface area contributed by atoms with Gasteiger partial charge >= 0.3 is 0 Å². The SMILES string of the molecule is Cl.Cn1ncc2c(CN)cccc21. The summed E-state index contributed by atoms with van der Waals surface area (Å²) >= 11 is 0. The maximum Gasteiger partial charge on any atom is 0.0682 e. The summed E-state index contributed by atoms with van der Waals surface area (Å²) in [6, 6.07) is 6.08. The molecule has 1 heterocycles. The number of nitrogens with zero attached hydrogens (tertiary/aromatic N) is 2. The number of halogens is 1. The fourth-order valence-electron chi connectivity index (χ4n) is 1.42. The monoisotopic (exact) mass is 197 g/mol. The lowest BCUT2D eigenvalue weighted by Gasteiger charge is -1.98. The normalized spacial score (nSPS) is 10.0. The van der Waals surface area contributed by atoms with Crippen LogP contribution in [-0.4, -0.2) is 9.78 Å². The zero-order chi connectivity index (χ0) is 8.55. The van der Waals surface area contributed by atoms with Crippen LogP contribution in [0.2, 0.25) is 0 Å². The summed E-state index contributed by atoms with van der Waals surface area (Å²) < 4.78 is 1.86. The van der Waals surface area contributed by atoms with E-state index in [2.05, 4.69) is 5.10 Å². The van der Waals surface area contributed by atoms with Crippen molar-refractivity contribution in [3.63, 3.8) is 0 Å². The van der Waals surface area contributed by atoms with Crippen molar-refractivity contribution in [3.8, 4) is 0 Å². The average Bonchev–Trinajstić information content (AvgIpc) is 2.48. The molecule has 0 atom stereocenters. The molecule has 0 spiro atoms. The third kappa shape index (κ3) is 1.53. The maximum absolute atomic E-state index is 5.59. The fourth-order valence-corrected chi connectivity index (χ4v) is 1.42. The van der Waals surface area contributed by atoms with Gasteiger partial charge < -0.3 is 5.73 Å². The van der Waals surface area contributed by atoms with Crippen molar-refractivity contribution in [2.24, 2.45) is 12.8 Å². The number of hydrogen-bond acceptors (Lipinski definition) is 2. The molecule has 0 amide bonds. The molecule has 0 saturated heterocycles. The van der Waals surface area contributed by atoms with Crippen LogP contribution in [-0.2, 0) is 13.6 Å². The van der Waals surface area contributed by atoms with Crippen LogP contribution in [0.15, 0.2) is 24.4 Å². The minimum Gasteiger partial charge on any atom is -0.326 e. The first-order valence-corrected chi connectivity index (χ1v) is 3.92. The standard InChI is InChI=1S/C9H11N3.ClH/c1-12-9-4-2-3-7(5-10)8(9)6-11-12;/h2-4,6H,5,10H2,1H3;1H. The molecule has 1 aromatic carbocycles. The van der Waals surface area contributed by atoms with Crippen LogP contribution in [0, 0.1) is 0 Å². The van der Waals surface area contributed by atoms with Crippen LogP contribution in [0.4, 0.5) is 0 Å². The van der Waals surface area contributed by atoms with Crippen LogP contribution in [0.25, 0.3) is 10.9 Å². The van der Waals surface area contributed by atoms with Crippen LogP contribution in [0.5, 0.6) is 0 Å². The molecular formula is C9H12ClN3. The lowest BCUT2D eigenvalue weighted by atomic mass is 10.1. The summed E-state index contributed by atoms with van der Waals surface area (Å²) in [5.74, 6) is 0. The zero-order valence-corrected chi connectivity index (χ0v) is 8.21. The molecule has 2 N–H and O–H groups in total. The van der Waals surface area contributed by atoms with Crippen LogP contribution >= 0.6 is 12.4 Å². The molecular weight excluding hydrogens is 186 g/mol. The van der Waals surface area contributed by atoms with Crippen molar-refractivity contribution in [3.05, 3.63) is 30.0 Å². The number of rotatable bonds is 1. The van der Waals surface area contributed by atoms with Gasteiger partial charge in [-0.2, -0.15) is 5.10 Å². The molecule has 0 aliphatic rings. The van der Waals surface area contributed by atoms with Crippen molar-refractivity contribution in [1.82, 2.24) is 9.78 Å². The van der Waals surface area contributed by atoms with E-state index < -0.39 is 0 Å². The summed E-state index contributed by atoms with van der Waals surface area (Å²) in [6.07, 6.45) is 1.86. The molecule has 0 aliphatic carbocycles. The van der Waals surface area contributed by atoms with E-state index in [9.17, 15) is 0 Å². The van der Waals surface area contributed by atoms with Crippen molar-refractivity contribution in [2.45, 2.75) is 6.54 Å². The van der Waals surface area contributed by atoms with Crippen LogP contribution in [0.1, 0.15) is 5.56 Å². The third-order valence-electron chi connectivity index (χ3n) is 2.10. The van der Waals surface area contributed by atoms with Crippen LogP contribution in [0.3, 0.4) is 0 Å². The van der Waals surface area contributed by atoms with Gasteiger partial charge in [-0.1, -0.05) is 12.1 Å². The Balaban J connectivity index is 0.000000845. The maximum atomic E-state index is 5.59.